The molecule has 0 aliphatic carbocycles. The first-order chi connectivity index (χ1) is 6.77. The first-order valence-corrected chi connectivity index (χ1v) is 6.16. The van der Waals surface area contributed by atoms with Crippen molar-refractivity contribution in [1.82, 2.24) is 10.2 Å². The maximum Gasteiger partial charge on any atom is 0.0558 e. The van der Waals surface area contributed by atoms with Crippen molar-refractivity contribution in [2.75, 3.05) is 20.1 Å². The van der Waals surface area contributed by atoms with Gasteiger partial charge in [-0.25, -0.2) is 0 Å². The van der Waals surface area contributed by atoms with Crippen LogP contribution in [-0.4, -0.2) is 31.1 Å². The van der Waals surface area contributed by atoms with E-state index in [0.29, 0.717) is 6.04 Å². The molecular formula is C10H16Cl2N2S. The highest BCUT2D eigenvalue weighted by atomic mass is 35.5. The molecular weight excluding hydrogens is 251 g/mol. The maximum absolute atomic E-state index is 6.06. The fraction of sp³-hybridized carbons (Fsp3) is 0.600. The Hall–Kier alpha value is 0.200. The normalized spacial score (nSPS) is 20.6. The lowest BCUT2D eigenvalue weighted by Gasteiger charge is -2.22. The van der Waals surface area contributed by atoms with Gasteiger partial charge in [0.05, 0.1) is 5.02 Å². The van der Waals surface area contributed by atoms with E-state index in [4.69, 9.17) is 11.6 Å². The Morgan fingerprint density at radius 2 is 2.47 bits per heavy atom. The Balaban J connectivity index is 0.00000112. The third-order valence-electron chi connectivity index (χ3n) is 2.74. The summed E-state index contributed by atoms with van der Waals surface area (Å²) in [6, 6.07) is 2.65. The lowest BCUT2D eigenvalue weighted by Crippen LogP contribution is -2.32. The van der Waals surface area contributed by atoms with Gasteiger partial charge in [0.1, 0.15) is 0 Å². The second-order valence-corrected chi connectivity index (χ2v) is 5.16. The Labute approximate surface area is 106 Å². The molecule has 1 saturated heterocycles. The number of halogens is 2. The molecule has 2 rings (SSSR count). The molecule has 86 valence electrons. The fourth-order valence-electron chi connectivity index (χ4n) is 1.81. The molecule has 0 saturated carbocycles. The van der Waals surface area contributed by atoms with E-state index in [2.05, 4.69) is 22.6 Å². The lowest BCUT2D eigenvalue weighted by atomic mass is 10.2. The quantitative estimate of drug-likeness (QED) is 0.905. The Bertz CT molecular complexity index is 297. The van der Waals surface area contributed by atoms with Crippen LogP contribution in [0.25, 0.3) is 0 Å². The van der Waals surface area contributed by atoms with Crippen molar-refractivity contribution in [2.24, 2.45) is 0 Å². The van der Waals surface area contributed by atoms with E-state index in [1.54, 1.807) is 11.3 Å². The van der Waals surface area contributed by atoms with E-state index in [9.17, 15) is 0 Å². The molecule has 2 nitrogen and oxygen atoms in total. The molecule has 1 aliphatic rings. The number of hydrogen-bond acceptors (Lipinski definition) is 3. The van der Waals surface area contributed by atoms with Crippen LogP contribution >= 0.6 is 35.3 Å². The van der Waals surface area contributed by atoms with Crippen LogP contribution in [0.2, 0.25) is 5.02 Å². The lowest BCUT2D eigenvalue weighted by molar-refractivity contribution is 0.251. The van der Waals surface area contributed by atoms with Crippen LogP contribution in [0.15, 0.2) is 11.4 Å². The molecule has 1 aliphatic heterocycles. The number of rotatable bonds is 3. The van der Waals surface area contributed by atoms with E-state index in [-0.39, 0.29) is 12.4 Å². The smallest absolute Gasteiger partial charge is 0.0558 e. The van der Waals surface area contributed by atoms with Gasteiger partial charge in [0.2, 0.25) is 0 Å². The molecule has 0 aromatic carbocycles. The average Bonchev–Trinajstić information content (AvgIpc) is 2.77. The predicted molar refractivity (Wildman–Crippen MR) is 69.3 cm³/mol. The average molecular weight is 267 g/mol. The number of likely N-dealkylation sites (N-methyl/N-ethyl adjacent to an activating group) is 1. The third kappa shape index (κ3) is 3.33. The SMILES string of the molecule is CN(Cc1sccc1Cl)C1CCNC1.Cl. The molecule has 1 N–H and O–H groups in total. The highest BCUT2D eigenvalue weighted by molar-refractivity contribution is 7.10. The minimum atomic E-state index is 0. The number of nitrogens with one attached hydrogen (secondary N) is 1. The molecule has 1 aromatic heterocycles. The Kier molecular flexibility index (Phi) is 5.36. The van der Waals surface area contributed by atoms with Crippen molar-refractivity contribution >= 4 is 35.3 Å². The zero-order valence-corrected chi connectivity index (χ0v) is 11.1. The van der Waals surface area contributed by atoms with Gasteiger partial charge < -0.3 is 5.32 Å². The standard InChI is InChI=1S/C10H15ClN2S.ClH/c1-13(8-2-4-12-6-8)7-10-9(11)3-5-14-10;/h3,5,8,12H,2,4,6-7H2,1H3;1H. The van der Waals surface area contributed by atoms with Crippen molar-refractivity contribution in [2.45, 2.75) is 19.0 Å². The highest BCUT2D eigenvalue weighted by Gasteiger charge is 2.19. The summed E-state index contributed by atoms with van der Waals surface area (Å²) in [7, 11) is 2.17. The van der Waals surface area contributed by atoms with Crippen LogP contribution in [0, 0.1) is 0 Å². The van der Waals surface area contributed by atoms with Gasteiger partial charge in [0.25, 0.3) is 0 Å². The van der Waals surface area contributed by atoms with Gasteiger partial charge in [0.15, 0.2) is 0 Å². The van der Waals surface area contributed by atoms with Crippen LogP contribution in [0.3, 0.4) is 0 Å². The zero-order chi connectivity index (χ0) is 9.97. The molecule has 0 bridgehead atoms. The molecule has 1 fully saturated rings. The molecule has 0 amide bonds. The van der Waals surface area contributed by atoms with E-state index in [0.717, 1.165) is 24.7 Å². The summed E-state index contributed by atoms with van der Waals surface area (Å²) in [6.45, 7) is 3.23. The molecule has 0 spiro atoms. The van der Waals surface area contributed by atoms with Crippen LogP contribution in [-0.2, 0) is 6.54 Å². The largest absolute Gasteiger partial charge is 0.315 e. The van der Waals surface area contributed by atoms with Crippen molar-refractivity contribution in [1.29, 1.82) is 0 Å². The minimum Gasteiger partial charge on any atom is -0.315 e. The van der Waals surface area contributed by atoms with Gasteiger partial charge >= 0.3 is 0 Å². The summed E-state index contributed by atoms with van der Waals surface area (Å²) in [5, 5.41) is 6.34. The van der Waals surface area contributed by atoms with E-state index >= 15 is 0 Å². The van der Waals surface area contributed by atoms with Crippen LogP contribution < -0.4 is 5.32 Å². The Morgan fingerprint density at radius 1 is 1.67 bits per heavy atom. The van der Waals surface area contributed by atoms with Gasteiger partial charge in [0, 0.05) is 24.0 Å². The van der Waals surface area contributed by atoms with Crippen molar-refractivity contribution < 1.29 is 0 Å². The number of hydrogen-bond donors (Lipinski definition) is 1. The molecule has 5 heteroatoms. The monoisotopic (exact) mass is 266 g/mol. The molecule has 15 heavy (non-hydrogen) atoms. The summed E-state index contributed by atoms with van der Waals surface area (Å²) >= 11 is 7.80. The zero-order valence-electron chi connectivity index (χ0n) is 8.70. The van der Waals surface area contributed by atoms with Crippen molar-refractivity contribution in [3.05, 3.63) is 21.3 Å². The first kappa shape index (κ1) is 13.3. The number of nitrogens with zero attached hydrogens (tertiary/aromatic N) is 1. The summed E-state index contributed by atoms with van der Waals surface area (Å²) in [4.78, 5) is 3.67. The maximum atomic E-state index is 6.06. The Morgan fingerprint density at radius 3 is 3.00 bits per heavy atom. The predicted octanol–water partition coefficient (Wildman–Crippen LogP) is 2.62. The van der Waals surface area contributed by atoms with E-state index in [1.807, 2.05) is 6.07 Å². The van der Waals surface area contributed by atoms with Gasteiger partial charge in [-0.1, -0.05) is 11.6 Å². The molecule has 1 aromatic rings. The highest BCUT2D eigenvalue weighted by Crippen LogP contribution is 2.24. The van der Waals surface area contributed by atoms with Crippen LogP contribution in [0.1, 0.15) is 11.3 Å². The van der Waals surface area contributed by atoms with Crippen LogP contribution in [0.4, 0.5) is 0 Å². The summed E-state index contributed by atoms with van der Waals surface area (Å²) in [5.41, 5.74) is 0. The second-order valence-electron chi connectivity index (χ2n) is 3.75. The van der Waals surface area contributed by atoms with Crippen LogP contribution in [0.5, 0.6) is 0 Å². The van der Waals surface area contributed by atoms with Crippen molar-refractivity contribution in [3.8, 4) is 0 Å². The molecule has 1 unspecified atom stereocenters. The van der Waals surface area contributed by atoms with Crippen molar-refractivity contribution in [3.63, 3.8) is 0 Å². The molecule has 0 radical (unpaired) electrons. The minimum absolute atomic E-state index is 0. The fourth-order valence-corrected chi connectivity index (χ4v) is 2.97. The van der Waals surface area contributed by atoms with E-state index in [1.165, 1.54) is 11.3 Å². The summed E-state index contributed by atoms with van der Waals surface area (Å²) in [5.74, 6) is 0. The second kappa shape index (κ2) is 6.06. The van der Waals surface area contributed by atoms with Gasteiger partial charge in [-0.15, -0.1) is 23.7 Å². The van der Waals surface area contributed by atoms with Gasteiger partial charge in [-0.05, 0) is 31.5 Å². The number of thiophene rings is 1. The summed E-state index contributed by atoms with van der Waals surface area (Å²) in [6.07, 6.45) is 1.25. The van der Waals surface area contributed by atoms with E-state index < -0.39 is 0 Å². The van der Waals surface area contributed by atoms with Gasteiger partial charge in [-0.2, -0.15) is 0 Å². The van der Waals surface area contributed by atoms with Gasteiger partial charge in [-0.3, -0.25) is 4.90 Å². The molecule has 2 heterocycles. The molecule has 1 atom stereocenters. The third-order valence-corrected chi connectivity index (χ3v) is 4.11. The summed E-state index contributed by atoms with van der Waals surface area (Å²) < 4.78 is 0. The first-order valence-electron chi connectivity index (χ1n) is 4.90. The topological polar surface area (TPSA) is 15.3 Å².